The highest BCUT2D eigenvalue weighted by molar-refractivity contribution is 5.85. The van der Waals surface area contributed by atoms with Gasteiger partial charge >= 0.3 is 0 Å². The quantitative estimate of drug-likeness (QED) is 0.640. The number of β-amino-alcohol motifs (C(OH)–C–C–N with tert-alkyl or cyclic N) is 1. The predicted molar refractivity (Wildman–Crippen MR) is 60.0 cm³/mol. The second kappa shape index (κ2) is 5.68. The summed E-state index contributed by atoms with van der Waals surface area (Å²) in [5.41, 5.74) is 0. The van der Waals surface area contributed by atoms with E-state index in [1.807, 2.05) is 0 Å². The molecule has 3 N–H and O–H groups in total. The van der Waals surface area contributed by atoms with Crippen LogP contribution in [0.1, 0.15) is 19.3 Å². The zero-order chi connectivity index (χ0) is 9.97. The minimum absolute atomic E-state index is 0. The average molecular weight is 235 g/mol. The molecule has 1 heterocycles. The molecule has 0 aromatic heterocycles. The van der Waals surface area contributed by atoms with E-state index in [1.165, 1.54) is 6.42 Å². The molecule has 2 fully saturated rings. The van der Waals surface area contributed by atoms with E-state index in [1.54, 1.807) is 0 Å². The van der Waals surface area contributed by atoms with Gasteiger partial charge in [0.1, 0.15) is 0 Å². The van der Waals surface area contributed by atoms with Crippen molar-refractivity contribution in [3.05, 3.63) is 0 Å². The Morgan fingerprint density at radius 1 is 1.40 bits per heavy atom. The number of aliphatic hydroxyl groups excluding tert-OH is 1. The third-order valence-electron chi connectivity index (χ3n) is 3.32. The van der Waals surface area contributed by atoms with Crippen LogP contribution in [0, 0.1) is 11.8 Å². The molecular formula is C10H19ClN2O2. The molecule has 0 radical (unpaired) electrons. The number of amides is 1. The molecule has 0 aromatic carbocycles. The van der Waals surface area contributed by atoms with Crippen LogP contribution in [-0.2, 0) is 4.79 Å². The van der Waals surface area contributed by atoms with Crippen LogP contribution < -0.4 is 10.6 Å². The SMILES string of the molecule is Cl.O=C(NCC1CNCC1O)C1CCC1. The minimum Gasteiger partial charge on any atom is -0.391 e. The van der Waals surface area contributed by atoms with Gasteiger partial charge in [0.15, 0.2) is 0 Å². The number of nitrogens with one attached hydrogen (secondary N) is 2. The molecule has 0 aromatic rings. The standard InChI is InChI=1S/C10H18N2O2.ClH/c13-9-6-11-4-8(9)5-12-10(14)7-2-1-3-7;/h7-9,11,13H,1-6H2,(H,12,14);1H. The van der Waals surface area contributed by atoms with Gasteiger partial charge in [0.05, 0.1) is 6.10 Å². The molecule has 1 saturated heterocycles. The highest BCUT2D eigenvalue weighted by Gasteiger charge is 2.28. The van der Waals surface area contributed by atoms with E-state index in [0.717, 1.165) is 19.4 Å². The van der Waals surface area contributed by atoms with Gasteiger partial charge in [-0.05, 0) is 12.8 Å². The van der Waals surface area contributed by atoms with Gasteiger partial charge in [0, 0.05) is 31.5 Å². The van der Waals surface area contributed by atoms with E-state index in [4.69, 9.17) is 0 Å². The maximum atomic E-state index is 11.5. The topological polar surface area (TPSA) is 61.4 Å². The second-order valence-corrected chi connectivity index (χ2v) is 4.36. The first-order valence-electron chi connectivity index (χ1n) is 5.44. The molecule has 0 bridgehead atoms. The van der Waals surface area contributed by atoms with Crippen molar-refractivity contribution < 1.29 is 9.90 Å². The monoisotopic (exact) mass is 234 g/mol. The molecule has 1 amide bonds. The fourth-order valence-corrected chi connectivity index (χ4v) is 1.97. The number of carbonyl (C=O) groups excluding carboxylic acids is 1. The van der Waals surface area contributed by atoms with Gasteiger partial charge < -0.3 is 15.7 Å². The Balaban J connectivity index is 0.00000112. The summed E-state index contributed by atoms with van der Waals surface area (Å²) in [7, 11) is 0. The molecule has 1 aliphatic carbocycles. The predicted octanol–water partition coefficient (Wildman–Crippen LogP) is -0.0952. The van der Waals surface area contributed by atoms with Crippen molar-refractivity contribution in [2.75, 3.05) is 19.6 Å². The Morgan fingerprint density at radius 3 is 2.60 bits per heavy atom. The third kappa shape index (κ3) is 3.06. The Labute approximate surface area is 96.2 Å². The summed E-state index contributed by atoms with van der Waals surface area (Å²) in [4.78, 5) is 11.5. The Morgan fingerprint density at radius 2 is 2.13 bits per heavy atom. The largest absolute Gasteiger partial charge is 0.391 e. The summed E-state index contributed by atoms with van der Waals surface area (Å²) in [5, 5.41) is 15.5. The van der Waals surface area contributed by atoms with Crippen LogP contribution in [0.3, 0.4) is 0 Å². The second-order valence-electron chi connectivity index (χ2n) is 4.36. The van der Waals surface area contributed by atoms with Crippen molar-refractivity contribution in [2.45, 2.75) is 25.4 Å². The maximum Gasteiger partial charge on any atom is 0.223 e. The van der Waals surface area contributed by atoms with Gasteiger partial charge in [-0.3, -0.25) is 4.79 Å². The van der Waals surface area contributed by atoms with Crippen molar-refractivity contribution in [3.8, 4) is 0 Å². The van der Waals surface area contributed by atoms with Gasteiger partial charge in [0.25, 0.3) is 0 Å². The third-order valence-corrected chi connectivity index (χ3v) is 3.32. The first-order chi connectivity index (χ1) is 6.77. The molecular weight excluding hydrogens is 216 g/mol. The van der Waals surface area contributed by atoms with Gasteiger partial charge in [-0.25, -0.2) is 0 Å². The van der Waals surface area contributed by atoms with E-state index in [2.05, 4.69) is 10.6 Å². The van der Waals surface area contributed by atoms with Crippen LogP contribution in [0.25, 0.3) is 0 Å². The van der Waals surface area contributed by atoms with Gasteiger partial charge in [-0.1, -0.05) is 6.42 Å². The lowest BCUT2D eigenvalue weighted by atomic mass is 9.85. The van der Waals surface area contributed by atoms with Crippen LogP contribution in [0.15, 0.2) is 0 Å². The summed E-state index contributed by atoms with van der Waals surface area (Å²) in [5.74, 6) is 0.621. The highest BCUT2D eigenvalue weighted by atomic mass is 35.5. The first kappa shape index (κ1) is 12.7. The number of hydrogen-bond donors (Lipinski definition) is 3. The first-order valence-corrected chi connectivity index (χ1v) is 5.44. The van der Waals surface area contributed by atoms with E-state index in [0.29, 0.717) is 13.1 Å². The van der Waals surface area contributed by atoms with Crippen molar-refractivity contribution in [1.82, 2.24) is 10.6 Å². The lowest BCUT2D eigenvalue weighted by Gasteiger charge is -2.25. The molecule has 1 saturated carbocycles. The molecule has 2 atom stereocenters. The lowest BCUT2D eigenvalue weighted by Crippen LogP contribution is -2.39. The van der Waals surface area contributed by atoms with Gasteiger partial charge in [-0.2, -0.15) is 0 Å². The zero-order valence-corrected chi connectivity index (χ0v) is 9.55. The van der Waals surface area contributed by atoms with Crippen LogP contribution in [0.5, 0.6) is 0 Å². The van der Waals surface area contributed by atoms with E-state index in [9.17, 15) is 9.90 Å². The molecule has 2 rings (SSSR count). The average Bonchev–Trinajstić information content (AvgIpc) is 2.44. The molecule has 2 aliphatic rings. The van der Waals surface area contributed by atoms with Crippen LogP contribution >= 0.6 is 12.4 Å². The van der Waals surface area contributed by atoms with Crippen molar-refractivity contribution in [3.63, 3.8) is 0 Å². The van der Waals surface area contributed by atoms with Crippen molar-refractivity contribution >= 4 is 18.3 Å². The molecule has 88 valence electrons. The Hall–Kier alpha value is -0.320. The molecule has 2 unspecified atom stereocenters. The zero-order valence-electron chi connectivity index (χ0n) is 8.74. The normalized spacial score (nSPS) is 30.5. The highest BCUT2D eigenvalue weighted by Crippen LogP contribution is 2.26. The van der Waals surface area contributed by atoms with Crippen molar-refractivity contribution in [2.24, 2.45) is 11.8 Å². The smallest absolute Gasteiger partial charge is 0.223 e. The van der Waals surface area contributed by atoms with Crippen LogP contribution in [0.2, 0.25) is 0 Å². The summed E-state index contributed by atoms with van der Waals surface area (Å²) >= 11 is 0. The summed E-state index contributed by atoms with van der Waals surface area (Å²) in [6.45, 7) is 2.08. The number of rotatable bonds is 3. The summed E-state index contributed by atoms with van der Waals surface area (Å²) in [6.07, 6.45) is 2.97. The minimum atomic E-state index is -0.295. The molecule has 5 heteroatoms. The van der Waals surface area contributed by atoms with E-state index < -0.39 is 0 Å². The fraction of sp³-hybridized carbons (Fsp3) is 0.900. The molecule has 0 spiro atoms. The van der Waals surface area contributed by atoms with Crippen molar-refractivity contribution in [1.29, 1.82) is 0 Å². The number of halogens is 1. The Bertz CT molecular complexity index is 221. The molecule has 1 aliphatic heterocycles. The van der Waals surface area contributed by atoms with E-state index >= 15 is 0 Å². The fourth-order valence-electron chi connectivity index (χ4n) is 1.97. The van der Waals surface area contributed by atoms with Crippen LogP contribution in [-0.4, -0.2) is 36.8 Å². The van der Waals surface area contributed by atoms with Gasteiger partial charge in [0.2, 0.25) is 5.91 Å². The summed E-state index contributed by atoms with van der Waals surface area (Å²) < 4.78 is 0. The summed E-state index contributed by atoms with van der Waals surface area (Å²) in [6, 6.07) is 0. The van der Waals surface area contributed by atoms with E-state index in [-0.39, 0.29) is 36.3 Å². The molecule has 15 heavy (non-hydrogen) atoms. The number of aliphatic hydroxyl groups is 1. The molecule has 4 nitrogen and oxygen atoms in total. The maximum absolute atomic E-state index is 11.5. The van der Waals surface area contributed by atoms with Gasteiger partial charge in [-0.15, -0.1) is 12.4 Å². The Kier molecular flexibility index (Phi) is 4.83. The number of carbonyl (C=O) groups is 1. The van der Waals surface area contributed by atoms with Crippen LogP contribution in [0.4, 0.5) is 0 Å². The number of hydrogen-bond acceptors (Lipinski definition) is 3. The lowest BCUT2D eigenvalue weighted by molar-refractivity contribution is -0.127.